The fourth-order valence-corrected chi connectivity index (χ4v) is 6.34. The van der Waals surface area contributed by atoms with E-state index in [2.05, 4.69) is 10.3 Å². The minimum atomic E-state index is -1.83. The largest absolute Gasteiger partial charge is 0.497 e. The van der Waals surface area contributed by atoms with Crippen LogP contribution < -0.4 is 14.5 Å². The predicted molar refractivity (Wildman–Crippen MR) is 187 cm³/mol. The molecule has 49 heavy (non-hydrogen) atoms. The number of nitrogens with zero attached hydrogens (tertiary/aromatic N) is 5. The summed E-state index contributed by atoms with van der Waals surface area (Å²) in [6.07, 6.45) is 6.97. The first kappa shape index (κ1) is 33.3. The number of carbonyl (C=O) groups excluding carboxylic acids is 2. The van der Waals surface area contributed by atoms with Gasteiger partial charge < -0.3 is 19.8 Å². The van der Waals surface area contributed by atoms with Gasteiger partial charge in [-0.1, -0.05) is 85.0 Å². The quantitative estimate of drug-likeness (QED) is 0.116. The van der Waals surface area contributed by atoms with Gasteiger partial charge in [0.15, 0.2) is 5.60 Å². The van der Waals surface area contributed by atoms with Crippen LogP contribution in [0.2, 0.25) is 0 Å². The van der Waals surface area contributed by atoms with Gasteiger partial charge in [0.2, 0.25) is 6.41 Å². The molecule has 10 nitrogen and oxygen atoms in total. The zero-order chi connectivity index (χ0) is 34.4. The van der Waals surface area contributed by atoms with Gasteiger partial charge in [-0.25, -0.2) is 0 Å². The first-order valence-corrected chi connectivity index (χ1v) is 16.2. The third-order valence-corrected chi connectivity index (χ3v) is 9.05. The van der Waals surface area contributed by atoms with Crippen molar-refractivity contribution in [2.45, 2.75) is 38.0 Å². The van der Waals surface area contributed by atoms with Gasteiger partial charge in [0.05, 0.1) is 37.6 Å². The monoisotopic (exact) mass is 657 g/mol. The predicted octanol–water partition coefficient (Wildman–Crippen LogP) is 5.72. The maximum Gasteiger partial charge on any atom is 0.264 e. The van der Waals surface area contributed by atoms with Crippen molar-refractivity contribution in [3.8, 4) is 5.75 Å². The lowest BCUT2D eigenvalue weighted by molar-refractivity contribution is -0.139. The van der Waals surface area contributed by atoms with Gasteiger partial charge in [0.1, 0.15) is 5.75 Å². The number of aliphatic hydroxyl groups is 2. The molecule has 0 saturated carbocycles. The molecule has 0 spiro atoms. The standard InChI is InChI=1S/C39H39N5O5/c1-28(12-9-10-21-42-25-36(40-41-42)34(26-45)30-14-5-3-6-15-30)39(48)35-23-33(49-2)19-20-37(35)43(38(39)47)24-29-13-11-18-32(22-29)44(27-46)31-16-7-4-8-17-31/h3-9,11-20,22-23,25,27-28,34,45,48H,10,21,24,26H2,1-2H3/b12-9+/t28-,34?,39+/m1/s1. The Balaban J connectivity index is 1.19. The Morgan fingerprint density at radius 1 is 0.959 bits per heavy atom. The molecule has 2 N–H and O–H groups in total. The molecule has 0 radical (unpaired) electrons. The second kappa shape index (κ2) is 14.7. The number of anilines is 3. The number of hydrogen-bond acceptors (Lipinski definition) is 7. The van der Waals surface area contributed by atoms with Gasteiger partial charge in [0.25, 0.3) is 5.91 Å². The molecule has 0 fully saturated rings. The van der Waals surface area contributed by atoms with Crippen molar-refractivity contribution in [2.75, 3.05) is 23.5 Å². The van der Waals surface area contributed by atoms with Crippen LogP contribution in [-0.4, -0.2) is 51.2 Å². The van der Waals surface area contributed by atoms with Crippen LogP contribution in [-0.2, 0) is 28.3 Å². The van der Waals surface area contributed by atoms with Crippen molar-refractivity contribution in [3.63, 3.8) is 0 Å². The SMILES string of the molecule is COc1ccc2c(c1)[C@@](O)([C@H](C)/C=C/CCn1cc(C(CO)c3ccccc3)nn1)C(=O)N2Cc1cccc(N(C=O)c2ccccc2)c1. The molecular weight excluding hydrogens is 618 g/mol. The van der Waals surface area contributed by atoms with Crippen LogP contribution in [0.4, 0.5) is 17.1 Å². The lowest BCUT2D eigenvalue weighted by Crippen LogP contribution is -2.44. The molecule has 2 heterocycles. The van der Waals surface area contributed by atoms with E-state index in [1.165, 1.54) is 0 Å². The molecule has 6 rings (SSSR count). The number of benzene rings is 4. The molecule has 5 aromatic rings. The Kier molecular flexibility index (Phi) is 9.98. The van der Waals surface area contributed by atoms with E-state index >= 15 is 0 Å². The summed E-state index contributed by atoms with van der Waals surface area (Å²) in [5.74, 6) is -0.740. The summed E-state index contributed by atoms with van der Waals surface area (Å²) < 4.78 is 7.20. The summed E-state index contributed by atoms with van der Waals surface area (Å²) >= 11 is 0. The van der Waals surface area contributed by atoms with E-state index in [0.29, 0.717) is 41.3 Å². The number of hydrogen-bond donors (Lipinski definition) is 2. The average Bonchev–Trinajstić information content (AvgIpc) is 3.69. The Hall–Kier alpha value is -5.58. The van der Waals surface area contributed by atoms with Crippen LogP contribution in [0.25, 0.3) is 0 Å². The highest BCUT2D eigenvalue weighted by molar-refractivity contribution is 6.07. The first-order valence-electron chi connectivity index (χ1n) is 16.2. The van der Waals surface area contributed by atoms with Crippen molar-refractivity contribution in [2.24, 2.45) is 5.92 Å². The Bertz CT molecular complexity index is 1930. The minimum absolute atomic E-state index is 0.0771. The van der Waals surface area contributed by atoms with Crippen LogP contribution >= 0.6 is 0 Å². The molecule has 1 unspecified atom stereocenters. The van der Waals surface area contributed by atoms with E-state index in [-0.39, 0.29) is 19.1 Å². The highest BCUT2D eigenvalue weighted by atomic mass is 16.5. The minimum Gasteiger partial charge on any atom is -0.497 e. The molecular formula is C39H39N5O5. The average molecular weight is 658 g/mol. The number of allylic oxidation sites excluding steroid dienone is 1. The van der Waals surface area contributed by atoms with Gasteiger partial charge in [-0.2, -0.15) is 0 Å². The summed E-state index contributed by atoms with van der Waals surface area (Å²) in [6.45, 7) is 2.47. The van der Waals surface area contributed by atoms with E-state index in [1.807, 2.05) is 110 Å². The van der Waals surface area contributed by atoms with Crippen molar-refractivity contribution >= 4 is 29.4 Å². The second-order valence-corrected chi connectivity index (χ2v) is 12.1. The number of methoxy groups -OCH3 is 1. The number of aliphatic hydroxyl groups excluding tert-OH is 1. The number of fused-ring (bicyclic) bond motifs is 1. The zero-order valence-corrected chi connectivity index (χ0v) is 27.5. The van der Waals surface area contributed by atoms with Gasteiger partial charge in [0, 0.05) is 35.6 Å². The molecule has 2 amide bonds. The molecule has 1 aliphatic rings. The number of aryl methyl sites for hydroxylation is 1. The van der Waals surface area contributed by atoms with Crippen molar-refractivity contribution < 1.29 is 24.5 Å². The normalized spacial score (nSPS) is 16.8. The van der Waals surface area contributed by atoms with E-state index in [9.17, 15) is 19.8 Å². The van der Waals surface area contributed by atoms with Gasteiger partial charge in [-0.15, -0.1) is 5.10 Å². The van der Waals surface area contributed by atoms with E-state index < -0.39 is 17.4 Å². The third kappa shape index (κ3) is 6.74. The fourth-order valence-electron chi connectivity index (χ4n) is 6.34. The second-order valence-electron chi connectivity index (χ2n) is 12.1. The van der Waals surface area contributed by atoms with Crippen molar-refractivity contribution in [1.82, 2.24) is 15.0 Å². The first-order chi connectivity index (χ1) is 23.9. The molecule has 250 valence electrons. The van der Waals surface area contributed by atoms with E-state index in [0.717, 1.165) is 23.2 Å². The summed E-state index contributed by atoms with van der Waals surface area (Å²) in [5, 5.41) is 30.7. The molecule has 0 bridgehead atoms. The smallest absolute Gasteiger partial charge is 0.264 e. The summed E-state index contributed by atoms with van der Waals surface area (Å²) in [6, 6.07) is 31.8. The Morgan fingerprint density at radius 3 is 2.41 bits per heavy atom. The Morgan fingerprint density at radius 2 is 1.69 bits per heavy atom. The summed E-state index contributed by atoms with van der Waals surface area (Å²) in [7, 11) is 1.55. The Labute approximate surface area is 285 Å². The van der Waals surface area contributed by atoms with Crippen molar-refractivity contribution in [1.29, 1.82) is 0 Å². The molecule has 0 aliphatic carbocycles. The maximum atomic E-state index is 14.2. The highest BCUT2D eigenvalue weighted by Gasteiger charge is 2.52. The summed E-state index contributed by atoms with van der Waals surface area (Å²) in [4.78, 5) is 29.4. The van der Waals surface area contributed by atoms with Crippen LogP contribution in [0.15, 0.2) is 121 Å². The number of carbonyl (C=O) groups is 2. The number of para-hydroxylation sites is 1. The lowest BCUT2D eigenvalue weighted by Gasteiger charge is -2.28. The molecule has 1 aromatic heterocycles. The van der Waals surface area contributed by atoms with Gasteiger partial charge >= 0.3 is 0 Å². The van der Waals surface area contributed by atoms with E-state index in [4.69, 9.17) is 4.74 Å². The third-order valence-electron chi connectivity index (χ3n) is 9.05. The molecule has 0 saturated heterocycles. The van der Waals surface area contributed by atoms with Crippen LogP contribution in [0.1, 0.15) is 41.6 Å². The number of aromatic nitrogens is 3. The lowest BCUT2D eigenvalue weighted by atomic mass is 9.83. The topological polar surface area (TPSA) is 121 Å². The van der Waals surface area contributed by atoms with Crippen LogP contribution in [0.3, 0.4) is 0 Å². The molecule has 3 atom stereocenters. The van der Waals surface area contributed by atoms with Gasteiger partial charge in [-0.3, -0.25) is 19.2 Å². The molecule has 4 aromatic carbocycles. The fraction of sp³-hybridized carbons (Fsp3) is 0.231. The van der Waals surface area contributed by atoms with Crippen molar-refractivity contribution in [3.05, 3.63) is 144 Å². The zero-order valence-electron chi connectivity index (χ0n) is 27.5. The molecule has 10 heteroatoms. The maximum absolute atomic E-state index is 14.2. The molecule has 1 aliphatic heterocycles. The number of amides is 2. The van der Waals surface area contributed by atoms with Crippen LogP contribution in [0.5, 0.6) is 5.75 Å². The highest BCUT2D eigenvalue weighted by Crippen LogP contribution is 2.47. The van der Waals surface area contributed by atoms with E-state index in [1.54, 1.807) is 39.8 Å². The number of rotatable bonds is 14. The van der Waals surface area contributed by atoms with Crippen LogP contribution in [0, 0.1) is 5.92 Å². The van der Waals surface area contributed by atoms with Gasteiger partial charge in [-0.05, 0) is 60.0 Å². The summed E-state index contributed by atoms with van der Waals surface area (Å²) in [5.41, 5.74) is 3.08. The number of ether oxygens (including phenoxy) is 1.